The molecule has 2 aromatic rings. The maximum atomic E-state index is 12.4. The van der Waals surface area contributed by atoms with Crippen LogP contribution in [0.25, 0.3) is 0 Å². The Bertz CT molecular complexity index is 825. The topological polar surface area (TPSA) is 109 Å². The highest BCUT2D eigenvalue weighted by Gasteiger charge is 2.17. The summed E-state index contributed by atoms with van der Waals surface area (Å²) >= 11 is 0. The lowest BCUT2D eigenvalue weighted by Gasteiger charge is -2.13. The zero-order valence-corrected chi connectivity index (χ0v) is 14.7. The molecule has 0 bridgehead atoms. The summed E-state index contributed by atoms with van der Waals surface area (Å²) in [5.74, 6) is -0.867. The van der Waals surface area contributed by atoms with Crippen LogP contribution in [0.4, 0.5) is 0 Å². The summed E-state index contributed by atoms with van der Waals surface area (Å²) in [5, 5.41) is 11.7. The quantitative estimate of drug-likeness (QED) is 0.778. The van der Waals surface area contributed by atoms with Crippen LogP contribution in [-0.4, -0.2) is 48.5 Å². The molecule has 26 heavy (non-hydrogen) atoms. The third-order valence-electron chi connectivity index (χ3n) is 3.60. The average Bonchev–Trinajstić information content (AvgIpc) is 2.98. The highest BCUT2D eigenvalue weighted by molar-refractivity contribution is 5.97. The fraction of sp³-hybridized carbons (Fsp3) is 0.278. The molecule has 8 heteroatoms. The van der Waals surface area contributed by atoms with E-state index in [-0.39, 0.29) is 41.7 Å². The van der Waals surface area contributed by atoms with Gasteiger partial charge >= 0.3 is 5.97 Å². The van der Waals surface area contributed by atoms with E-state index in [4.69, 9.17) is 14.3 Å². The summed E-state index contributed by atoms with van der Waals surface area (Å²) in [6, 6.07) is 7.91. The van der Waals surface area contributed by atoms with Gasteiger partial charge in [-0.1, -0.05) is 12.1 Å². The van der Waals surface area contributed by atoms with Crippen LogP contribution in [-0.2, 0) is 11.3 Å². The fourth-order valence-electron chi connectivity index (χ4n) is 2.15. The molecular weight excluding hydrogens is 340 g/mol. The Morgan fingerprint density at radius 3 is 2.50 bits per heavy atom. The van der Waals surface area contributed by atoms with Gasteiger partial charge in [0.2, 0.25) is 0 Å². The molecule has 0 unspecified atom stereocenters. The number of carbonyl (C=O) groups is 3. The van der Waals surface area contributed by atoms with Crippen molar-refractivity contribution in [2.45, 2.75) is 13.5 Å². The van der Waals surface area contributed by atoms with Gasteiger partial charge in [-0.25, -0.2) is 4.79 Å². The van der Waals surface area contributed by atoms with Gasteiger partial charge in [0.05, 0.1) is 12.1 Å². The van der Waals surface area contributed by atoms with Crippen LogP contribution in [0.3, 0.4) is 0 Å². The van der Waals surface area contributed by atoms with Crippen molar-refractivity contribution in [2.75, 3.05) is 20.7 Å². The number of carbonyl (C=O) groups excluding carboxylic acids is 2. The lowest BCUT2D eigenvalue weighted by Crippen LogP contribution is -2.28. The van der Waals surface area contributed by atoms with E-state index in [1.54, 1.807) is 45.3 Å². The molecule has 0 saturated heterocycles. The Morgan fingerprint density at radius 2 is 1.88 bits per heavy atom. The zero-order chi connectivity index (χ0) is 19.3. The van der Waals surface area contributed by atoms with Gasteiger partial charge in [-0.2, -0.15) is 0 Å². The highest BCUT2D eigenvalue weighted by atomic mass is 16.5. The Hall–Kier alpha value is -3.29. The van der Waals surface area contributed by atoms with Gasteiger partial charge in [0.25, 0.3) is 11.8 Å². The predicted molar refractivity (Wildman–Crippen MR) is 92.2 cm³/mol. The maximum Gasteiger partial charge on any atom is 0.339 e. The highest BCUT2D eigenvalue weighted by Crippen LogP contribution is 2.19. The second-order valence-electron chi connectivity index (χ2n) is 5.74. The third kappa shape index (κ3) is 4.62. The van der Waals surface area contributed by atoms with Crippen molar-refractivity contribution in [1.29, 1.82) is 0 Å². The molecular formula is C18H20N2O6. The number of carboxylic acid groups (broad SMARTS) is 1. The van der Waals surface area contributed by atoms with Crippen molar-refractivity contribution in [1.82, 2.24) is 10.2 Å². The van der Waals surface area contributed by atoms with Gasteiger partial charge in [0, 0.05) is 14.1 Å². The molecule has 138 valence electrons. The van der Waals surface area contributed by atoms with Crippen molar-refractivity contribution in [3.8, 4) is 5.75 Å². The summed E-state index contributed by atoms with van der Waals surface area (Å²) in [6.45, 7) is 1.38. The first-order valence-corrected chi connectivity index (χ1v) is 7.82. The summed E-state index contributed by atoms with van der Waals surface area (Å²) < 4.78 is 10.8. The maximum absolute atomic E-state index is 12.4. The molecule has 1 aromatic carbocycles. The molecule has 2 N–H and O–H groups in total. The molecule has 8 nitrogen and oxygen atoms in total. The smallest absolute Gasteiger partial charge is 0.339 e. The van der Waals surface area contributed by atoms with Gasteiger partial charge in [0.1, 0.15) is 22.8 Å². The summed E-state index contributed by atoms with van der Waals surface area (Å²) in [5.41, 5.74) is 0.320. The largest absolute Gasteiger partial charge is 0.483 e. The van der Waals surface area contributed by atoms with Gasteiger partial charge in [-0.05, 0) is 25.1 Å². The molecule has 0 aliphatic carbocycles. The Kier molecular flexibility index (Phi) is 6.00. The van der Waals surface area contributed by atoms with E-state index in [0.29, 0.717) is 5.76 Å². The Labute approximate surface area is 150 Å². The molecule has 0 atom stereocenters. The summed E-state index contributed by atoms with van der Waals surface area (Å²) in [6.07, 6.45) is 0. The monoisotopic (exact) mass is 360 g/mol. The number of amides is 2. The molecule has 0 radical (unpaired) electrons. The van der Waals surface area contributed by atoms with Gasteiger partial charge in [-0.3, -0.25) is 9.59 Å². The van der Waals surface area contributed by atoms with E-state index >= 15 is 0 Å². The molecule has 0 aliphatic rings. The standard InChI is InChI=1S/C18H20N2O6/c1-11-14(18(23)24)8-12(26-11)9-19-17(22)13-6-4-5-7-15(13)25-10-16(21)20(2)3/h4-8H,9-10H2,1-3H3,(H,19,22)(H,23,24). The van der Waals surface area contributed by atoms with E-state index < -0.39 is 11.9 Å². The minimum atomic E-state index is -1.09. The molecule has 0 aliphatic heterocycles. The van der Waals surface area contributed by atoms with Crippen LogP contribution < -0.4 is 10.1 Å². The first-order chi connectivity index (χ1) is 12.3. The number of hydrogen-bond donors (Lipinski definition) is 2. The molecule has 2 amide bonds. The van der Waals surface area contributed by atoms with E-state index in [9.17, 15) is 14.4 Å². The first-order valence-electron chi connectivity index (χ1n) is 7.82. The van der Waals surface area contributed by atoms with Crippen molar-refractivity contribution < 1.29 is 28.6 Å². The number of hydrogen-bond acceptors (Lipinski definition) is 5. The van der Waals surface area contributed by atoms with E-state index in [1.807, 2.05) is 0 Å². The molecule has 0 fully saturated rings. The number of carboxylic acids is 1. The number of nitrogens with one attached hydrogen (secondary N) is 1. The molecule has 1 aromatic heterocycles. The van der Waals surface area contributed by atoms with Crippen LogP contribution >= 0.6 is 0 Å². The van der Waals surface area contributed by atoms with Crippen molar-refractivity contribution in [2.24, 2.45) is 0 Å². The number of aromatic carboxylic acids is 1. The van der Waals surface area contributed by atoms with Crippen LogP contribution in [0.15, 0.2) is 34.7 Å². The van der Waals surface area contributed by atoms with Crippen LogP contribution in [0, 0.1) is 6.92 Å². The number of ether oxygens (including phenoxy) is 1. The number of benzene rings is 1. The van der Waals surface area contributed by atoms with Gasteiger partial charge in [-0.15, -0.1) is 0 Å². The first kappa shape index (κ1) is 19.0. The average molecular weight is 360 g/mol. The predicted octanol–water partition coefficient (Wildman–Crippen LogP) is 1.68. The SMILES string of the molecule is Cc1oc(CNC(=O)c2ccccc2OCC(=O)N(C)C)cc1C(=O)O. The fourth-order valence-corrected chi connectivity index (χ4v) is 2.15. The van der Waals surface area contributed by atoms with Crippen LogP contribution in [0.1, 0.15) is 32.2 Å². The van der Waals surface area contributed by atoms with Crippen molar-refractivity contribution in [3.05, 3.63) is 53.0 Å². The van der Waals surface area contributed by atoms with Gasteiger partial charge < -0.3 is 24.5 Å². The third-order valence-corrected chi connectivity index (χ3v) is 3.60. The number of para-hydroxylation sites is 1. The summed E-state index contributed by atoms with van der Waals surface area (Å²) in [4.78, 5) is 36.4. The Balaban J connectivity index is 2.04. The van der Waals surface area contributed by atoms with E-state index in [1.165, 1.54) is 11.0 Å². The molecule has 2 rings (SSSR count). The van der Waals surface area contributed by atoms with Crippen molar-refractivity contribution in [3.63, 3.8) is 0 Å². The van der Waals surface area contributed by atoms with Crippen molar-refractivity contribution >= 4 is 17.8 Å². The van der Waals surface area contributed by atoms with Crippen LogP contribution in [0.2, 0.25) is 0 Å². The Morgan fingerprint density at radius 1 is 1.19 bits per heavy atom. The lowest BCUT2D eigenvalue weighted by atomic mass is 10.2. The van der Waals surface area contributed by atoms with Crippen LogP contribution in [0.5, 0.6) is 5.75 Å². The minimum Gasteiger partial charge on any atom is -0.483 e. The van der Waals surface area contributed by atoms with E-state index in [2.05, 4.69) is 5.32 Å². The molecule has 0 saturated carbocycles. The van der Waals surface area contributed by atoms with Gasteiger partial charge in [0.15, 0.2) is 6.61 Å². The lowest BCUT2D eigenvalue weighted by molar-refractivity contribution is -0.130. The van der Waals surface area contributed by atoms with E-state index in [0.717, 1.165) is 0 Å². The number of nitrogens with zero attached hydrogens (tertiary/aromatic N) is 1. The molecule has 0 spiro atoms. The zero-order valence-electron chi connectivity index (χ0n) is 14.7. The number of furan rings is 1. The summed E-state index contributed by atoms with van der Waals surface area (Å²) in [7, 11) is 3.22. The molecule has 1 heterocycles. The second-order valence-corrected chi connectivity index (χ2v) is 5.74. The second kappa shape index (κ2) is 8.19. The number of aryl methyl sites for hydroxylation is 1. The number of rotatable bonds is 7. The normalized spacial score (nSPS) is 10.3. The minimum absolute atomic E-state index is 0.0257. The number of likely N-dealkylation sites (N-methyl/N-ethyl adjacent to an activating group) is 1.